The topological polar surface area (TPSA) is 83.9 Å². The molecule has 2 rings (SSSR count). The highest BCUT2D eigenvalue weighted by atomic mass is 35.5. The van der Waals surface area contributed by atoms with Crippen molar-refractivity contribution in [1.29, 1.82) is 0 Å². The van der Waals surface area contributed by atoms with Gasteiger partial charge in [0.05, 0.1) is 17.9 Å². The number of hydrogen-bond acceptors (Lipinski definition) is 4. The van der Waals surface area contributed by atoms with Crippen molar-refractivity contribution in [2.45, 2.75) is 23.9 Å². The molecule has 0 heterocycles. The van der Waals surface area contributed by atoms with E-state index < -0.39 is 28.9 Å². The van der Waals surface area contributed by atoms with Crippen LogP contribution in [0.2, 0.25) is 5.02 Å². The Morgan fingerprint density at radius 3 is 2.33 bits per heavy atom. The number of esters is 1. The Labute approximate surface area is 165 Å². The highest BCUT2D eigenvalue weighted by Crippen LogP contribution is 2.17. The van der Waals surface area contributed by atoms with Crippen LogP contribution >= 0.6 is 11.6 Å². The van der Waals surface area contributed by atoms with Crippen molar-refractivity contribution < 1.29 is 23.6 Å². The third-order valence-corrected chi connectivity index (χ3v) is 5.60. The lowest BCUT2D eigenvalue weighted by Crippen LogP contribution is -2.45. The quantitative estimate of drug-likeness (QED) is 0.674. The molecule has 0 radical (unpaired) electrons. The molecule has 0 saturated heterocycles. The highest BCUT2D eigenvalue weighted by molar-refractivity contribution is 7.85. The monoisotopic (exact) mass is 409 g/mol. The third-order valence-electron chi connectivity index (χ3n) is 3.94. The number of ether oxygens (including phenoxy) is 1. The fourth-order valence-electron chi connectivity index (χ4n) is 2.55. The van der Waals surface area contributed by atoms with Gasteiger partial charge in [-0.15, -0.1) is 0 Å². The number of benzene rings is 2. The van der Waals surface area contributed by atoms with E-state index in [0.717, 1.165) is 10.5 Å². The van der Waals surface area contributed by atoms with Crippen LogP contribution in [0.25, 0.3) is 0 Å². The zero-order chi connectivity index (χ0) is 19.8. The van der Waals surface area contributed by atoms with Gasteiger partial charge in [-0.05, 0) is 36.2 Å². The smallest absolute Gasteiger partial charge is 0.408 e. The van der Waals surface area contributed by atoms with Crippen LogP contribution in [0, 0.1) is 0 Å². The van der Waals surface area contributed by atoms with E-state index in [1.54, 1.807) is 48.5 Å². The molecule has 1 N–H and O–H groups in total. The van der Waals surface area contributed by atoms with E-state index in [-0.39, 0.29) is 18.7 Å². The number of rotatable bonds is 8. The molecule has 2 aromatic rings. The zero-order valence-corrected chi connectivity index (χ0v) is 16.3. The van der Waals surface area contributed by atoms with E-state index in [1.165, 1.54) is 7.11 Å². The van der Waals surface area contributed by atoms with Crippen molar-refractivity contribution in [2.24, 2.45) is 0 Å². The minimum atomic E-state index is -1.39. The van der Waals surface area contributed by atoms with Gasteiger partial charge in [0, 0.05) is 22.2 Å². The minimum Gasteiger partial charge on any atom is -0.467 e. The molecular weight excluding hydrogens is 390 g/mol. The van der Waals surface area contributed by atoms with E-state index >= 15 is 0 Å². The largest absolute Gasteiger partial charge is 0.467 e. The Kier molecular flexibility index (Phi) is 7.82. The van der Waals surface area contributed by atoms with Gasteiger partial charge in [0.15, 0.2) is 0 Å². The Morgan fingerprint density at radius 2 is 1.78 bits per heavy atom. The fourth-order valence-corrected chi connectivity index (χ4v) is 3.79. The molecule has 0 spiro atoms. The number of carboxylic acid groups (broad SMARTS) is 1. The van der Waals surface area contributed by atoms with E-state index in [9.17, 15) is 18.9 Å². The standard InChI is InChI=1S/C19H20ClNO5S/c1-26-18(22)17(11-12-27(25)16-9-7-15(20)8-10-16)21(19(23)24)13-14-5-3-2-4-6-14/h2-10,17H,11-13H2,1H3,(H,23,24)/t17?,27-/m0/s1. The van der Waals surface area contributed by atoms with Gasteiger partial charge in [-0.3, -0.25) is 9.11 Å². The molecule has 1 unspecified atom stereocenters. The predicted molar refractivity (Wildman–Crippen MR) is 103 cm³/mol. The summed E-state index contributed by atoms with van der Waals surface area (Å²) in [6.07, 6.45) is -1.17. The van der Waals surface area contributed by atoms with Gasteiger partial charge >= 0.3 is 12.1 Å². The Bertz CT molecular complexity index is 798. The molecule has 2 atom stereocenters. The predicted octanol–water partition coefficient (Wildman–Crippen LogP) is 3.56. The Morgan fingerprint density at radius 1 is 1.15 bits per heavy atom. The third kappa shape index (κ3) is 6.08. The first-order valence-corrected chi connectivity index (χ1v) is 9.87. The van der Waals surface area contributed by atoms with Gasteiger partial charge in [-0.1, -0.05) is 41.9 Å². The first kappa shape index (κ1) is 20.9. The molecule has 0 aromatic heterocycles. The van der Waals surface area contributed by atoms with Crippen LogP contribution in [0.15, 0.2) is 59.5 Å². The second-order valence-corrected chi connectivity index (χ2v) is 7.73. The van der Waals surface area contributed by atoms with E-state index in [4.69, 9.17) is 16.3 Å². The Balaban J connectivity index is 2.14. The van der Waals surface area contributed by atoms with Crippen molar-refractivity contribution in [3.63, 3.8) is 0 Å². The van der Waals surface area contributed by atoms with Gasteiger partial charge in [0.25, 0.3) is 0 Å². The maximum absolute atomic E-state index is 12.5. The lowest BCUT2D eigenvalue weighted by atomic mass is 10.1. The molecule has 0 aliphatic rings. The van der Waals surface area contributed by atoms with Crippen molar-refractivity contribution in [3.05, 3.63) is 65.2 Å². The maximum atomic E-state index is 12.5. The fraction of sp³-hybridized carbons (Fsp3) is 0.263. The number of methoxy groups -OCH3 is 1. The summed E-state index contributed by atoms with van der Waals surface area (Å²) in [7, 11) is -0.191. The van der Waals surface area contributed by atoms with Crippen molar-refractivity contribution in [1.82, 2.24) is 4.90 Å². The average Bonchev–Trinajstić information content (AvgIpc) is 2.67. The van der Waals surface area contributed by atoms with Gasteiger partial charge in [-0.25, -0.2) is 9.59 Å². The molecule has 0 bridgehead atoms. The molecule has 0 aliphatic heterocycles. The van der Waals surface area contributed by atoms with Crippen molar-refractivity contribution >= 4 is 34.5 Å². The molecule has 144 valence electrons. The van der Waals surface area contributed by atoms with E-state index in [1.807, 2.05) is 6.07 Å². The first-order valence-electron chi connectivity index (χ1n) is 8.17. The SMILES string of the molecule is COC(=O)C(CC[S@](=O)c1ccc(Cl)cc1)N(Cc1ccccc1)C(=O)O. The summed E-state index contributed by atoms with van der Waals surface area (Å²) in [5.74, 6) is -0.568. The maximum Gasteiger partial charge on any atom is 0.408 e. The van der Waals surface area contributed by atoms with Gasteiger partial charge in [0.2, 0.25) is 0 Å². The first-order chi connectivity index (χ1) is 12.9. The molecule has 6 nitrogen and oxygen atoms in total. The number of carbonyl (C=O) groups is 2. The normalized spacial score (nSPS) is 12.8. The van der Waals surface area contributed by atoms with Crippen molar-refractivity contribution in [3.8, 4) is 0 Å². The Hall–Kier alpha value is -2.38. The number of carbonyl (C=O) groups excluding carboxylic acids is 1. The minimum absolute atomic E-state index is 0.0313. The summed E-state index contributed by atoms with van der Waals surface area (Å²) in [4.78, 5) is 25.5. The lowest BCUT2D eigenvalue weighted by Gasteiger charge is -2.27. The van der Waals surface area contributed by atoms with Gasteiger partial charge < -0.3 is 9.84 Å². The van der Waals surface area contributed by atoms with Gasteiger partial charge in [0.1, 0.15) is 6.04 Å². The second kappa shape index (κ2) is 10.1. The van der Waals surface area contributed by atoms with Gasteiger partial charge in [-0.2, -0.15) is 0 Å². The lowest BCUT2D eigenvalue weighted by molar-refractivity contribution is -0.146. The molecule has 1 amide bonds. The molecule has 27 heavy (non-hydrogen) atoms. The van der Waals surface area contributed by atoms with Crippen LogP contribution in [0.4, 0.5) is 4.79 Å². The summed E-state index contributed by atoms with van der Waals surface area (Å²) in [6.45, 7) is 0.0313. The van der Waals surface area contributed by atoms with E-state index in [2.05, 4.69) is 0 Å². The highest BCUT2D eigenvalue weighted by Gasteiger charge is 2.31. The molecule has 2 aromatic carbocycles. The molecule has 0 fully saturated rings. The average molecular weight is 410 g/mol. The summed E-state index contributed by atoms with van der Waals surface area (Å²) in [6, 6.07) is 14.4. The summed E-state index contributed by atoms with van der Waals surface area (Å²) >= 11 is 5.83. The summed E-state index contributed by atoms with van der Waals surface area (Å²) in [5.41, 5.74) is 0.743. The number of nitrogens with zero attached hydrogens (tertiary/aromatic N) is 1. The number of hydrogen-bond donors (Lipinski definition) is 1. The van der Waals surface area contributed by atoms with Crippen LogP contribution in [0.5, 0.6) is 0 Å². The van der Waals surface area contributed by atoms with Crippen LogP contribution in [0.1, 0.15) is 12.0 Å². The molecular formula is C19H20ClNO5S. The second-order valence-electron chi connectivity index (χ2n) is 5.73. The van der Waals surface area contributed by atoms with Crippen LogP contribution in [-0.4, -0.2) is 45.2 Å². The molecule has 0 saturated carbocycles. The van der Waals surface area contributed by atoms with Crippen LogP contribution < -0.4 is 0 Å². The van der Waals surface area contributed by atoms with E-state index in [0.29, 0.717) is 9.92 Å². The van der Waals surface area contributed by atoms with Crippen LogP contribution in [0.3, 0.4) is 0 Å². The number of halogens is 1. The summed E-state index contributed by atoms with van der Waals surface area (Å²) in [5, 5.41) is 10.1. The summed E-state index contributed by atoms with van der Waals surface area (Å²) < 4.78 is 17.2. The number of amides is 1. The zero-order valence-electron chi connectivity index (χ0n) is 14.7. The van der Waals surface area contributed by atoms with Crippen LogP contribution in [-0.2, 0) is 26.9 Å². The molecule has 0 aliphatic carbocycles. The molecule has 8 heteroatoms. The van der Waals surface area contributed by atoms with Crippen molar-refractivity contribution in [2.75, 3.05) is 12.9 Å².